The first kappa shape index (κ1) is 10.5. The van der Waals surface area contributed by atoms with Crippen molar-refractivity contribution in [1.82, 2.24) is 4.90 Å². The van der Waals surface area contributed by atoms with Crippen LogP contribution >= 0.6 is 0 Å². The number of aliphatic carboxylic acids is 1. The molecule has 13 heavy (non-hydrogen) atoms. The number of carboxylic acid groups (broad SMARTS) is 1. The first-order chi connectivity index (χ1) is 6.11. The lowest BCUT2D eigenvalue weighted by Gasteiger charge is -2.26. The van der Waals surface area contributed by atoms with E-state index in [2.05, 4.69) is 18.7 Å². The van der Waals surface area contributed by atoms with Crippen molar-refractivity contribution in [3.63, 3.8) is 0 Å². The third-order valence-electron chi connectivity index (χ3n) is 2.78. The Labute approximate surface area is 79.7 Å². The Morgan fingerprint density at radius 1 is 1.46 bits per heavy atom. The summed E-state index contributed by atoms with van der Waals surface area (Å²) in [5, 5.41) is 8.94. The molecule has 1 fully saturated rings. The molecular formula is C10H19NO2. The lowest BCUT2D eigenvalue weighted by atomic mass is 10.0. The van der Waals surface area contributed by atoms with Crippen LogP contribution in [0.2, 0.25) is 0 Å². The molecule has 0 aromatic carbocycles. The van der Waals surface area contributed by atoms with E-state index in [4.69, 9.17) is 5.11 Å². The number of hydrogen-bond donors (Lipinski definition) is 1. The number of hydrogen-bond acceptors (Lipinski definition) is 2. The van der Waals surface area contributed by atoms with Crippen LogP contribution in [0.3, 0.4) is 0 Å². The van der Waals surface area contributed by atoms with Gasteiger partial charge in [-0.15, -0.1) is 0 Å². The summed E-state index contributed by atoms with van der Waals surface area (Å²) in [6, 6.07) is 0.472. The number of carbonyl (C=O) groups is 1. The van der Waals surface area contributed by atoms with Gasteiger partial charge < -0.3 is 10.0 Å². The van der Waals surface area contributed by atoms with Crippen LogP contribution in [0.25, 0.3) is 0 Å². The van der Waals surface area contributed by atoms with Crippen LogP contribution in [0.5, 0.6) is 0 Å². The van der Waals surface area contributed by atoms with Gasteiger partial charge in [-0.25, -0.2) is 0 Å². The van der Waals surface area contributed by atoms with Crippen LogP contribution in [0, 0.1) is 5.92 Å². The minimum Gasteiger partial charge on any atom is -0.481 e. The van der Waals surface area contributed by atoms with Crippen LogP contribution in [-0.2, 0) is 4.79 Å². The minimum atomic E-state index is -0.632. The Bertz CT molecular complexity index is 180. The maximum atomic E-state index is 10.8. The molecule has 3 nitrogen and oxygen atoms in total. The zero-order valence-corrected chi connectivity index (χ0v) is 8.49. The molecule has 1 aliphatic heterocycles. The molecule has 1 aliphatic rings. The zero-order valence-electron chi connectivity index (χ0n) is 8.49. The second kappa shape index (κ2) is 4.61. The van der Waals surface area contributed by atoms with Gasteiger partial charge in [-0.1, -0.05) is 6.42 Å². The van der Waals surface area contributed by atoms with Crippen LogP contribution in [0.4, 0.5) is 0 Å². The predicted molar refractivity (Wildman–Crippen MR) is 51.7 cm³/mol. The first-order valence-electron chi connectivity index (χ1n) is 5.08. The molecule has 0 aromatic rings. The molecule has 3 heteroatoms. The Hall–Kier alpha value is -0.570. The summed E-state index contributed by atoms with van der Waals surface area (Å²) in [4.78, 5) is 13.1. The highest BCUT2D eigenvalue weighted by molar-refractivity contribution is 5.70. The maximum Gasteiger partial charge on any atom is 0.307 e. The Kier molecular flexibility index (Phi) is 3.72. The van der Waals surface area contributed by atoms with Crippen molar-refractivity contribution in [3.05, 3.63) is 0 Å². The molecular weight excluding hydrogens is 166 g/mol. The molecule has 0 amide bonds. The van der Waals surface area contributed by atoms with Crippen molar-refractivity contribution in [3.8, 4) is 0 Å². The standard InChI is InChI=1S/C10H19NO2/c1-8(2)11-6-4-3-5-9(7-11)10(12)13/h8-9H,3-7H2,1-2H3,(H,12,13). The molecule has 1 saturated heterocycles. The van der Waals surface area contributed by atoms with E-state index in [1.807, 2.05) is 0 Å². The van der Waals surface area contributed by atoms with Crippen molar-refractivity contribution in [2.75, 3.05) is 13.1 Å². The lowest BCUT2D eigenvalue weighted by molar-refractivity contribution is -0.142. The number of carboxylic acids is 1. The molecule has 0 bridgehead atoms. The molecule has 0 aromatic heterocycles. The van der Waals surface area contributed by atoms with Crippen LogP contribution in [0.1, 0.15) is 33.1 Å². The molecule has 1 N–H and O–H groups in total. The summed E-state index contributed by atoms with van der Waals surface area (Å²) in [6.07, 6.45) is 3.04. The van der Waals surface area contributed by atoms with E-state index in [-0.39, 0.29) is 5.92 Å². The summed E-state index contributed by atoms with van der Waals surface area (Å²) in [5.41, 5.74) is 0. The van der Waals surface area contributed by atoms with Crippen molar-refractivity contribution in [2.24, 2.45) is 5.92 Å². The number of likely N-dealkylation sites (tertiary alicyclic amines) is 1. The van der Waals surface area contributed by atoms with Gasteiger partial charge in [0.25, 0.3) is 0 Å². The zero-order chi connectivity index (χ0) is 9.84. The molecule has 0 saturated carbocycles. The summed E-state index contributed by atoms with van der Waals surface area (Å²) < 4.78 is 0. The minimum absolute atomic E-state index is 0.148. The second-order valence-corrected chi connectivity index (χ2v) is 4.12. The van der Waals surface area contributed by atoms with Gasteiger partial charge in [0.05, 0.1) is 5.92 Å². The Balaban J connectivity index is 2.54. The topological polar surface area (TPSA) is 40.5 Å². The molecule has 0 spiro atoms. The smallest absolute Gasteiger partial charge is 0.307 e. The predicted octanol–water partition coefficient (Wildman–Crippen LogP) is 1.58. The van der Waals surface area contributed by atoms with Crippen LogP contribution in [0.15, 0.2) is 0 Å². The summed E-state index contributed by atoms with van der Waals surface area (Å²) in [5.74, 6) is -0.780. The quantitative estimate of drug-likeness (QED) is 0.710. The van der Waals surface area contributed by atoms with E-state index < -0.39 is 5.97 Å². The summed E-state index contributed by atoms with van der Waals surface area (Å²) in [7, 11) is 0. The molecule has 76 valence electrons. The fraction of sp³-hybridized carbons (Fsp3) is 0.900. The average Bonchev–Trinajstić information content (AvgIpc) is 2.28. The fourth-order valence-electron chi connectivity index (χ4n) is 1.84. The molecule has 0 aliphatic carbocycles. The third-order valence-corrected chi connectivity index (χ3v) is 2.78. The van der Waals surface area contributed by atoms with E-state index in [1.165, 1.54) is 0 Å². The Morgan fingerprint density at radius 3 is 2.69 bits per heavy atom. The van der Waals surface area contributed by atoms with Gasteiger partial charge in [-0.2, -0.15) is 0 Å². The SMILES string of the molecule is CC(C)N1CCCCC(C(=O)O)C1. The van der Waals surface area contributed by atoms with Gasteiger partial charge in [0, 0.05) is 12.6 Å². The van der Waals surface area contributed by atoms with E-state index in [9.17, 15) is 4.79 Å². The maximum absolute atomic E-state index is 10.8. The van der Waals surface area contributed by atoms with Gasteiger partial charge in [0.1, 0.15) is 0 Å². The van der Waals surface area contributed by atoms with Crippen LogP contribution in [-0.4, -0.2) is 35.1 Å². The van der Waals surface area contributed by atoms with E-state index in [1.54, 1.807) is 0 Å². The highest BCUT2D eigenvalue weighted by atomic mass is 16.4. The van der Waals surface area contributed by atoms with Crippen molar-refractivity contribution in [1.29, 1.82) is 0 Å². The van der Waals surface area contributed by atoms with Gasteiger partial charge in [-0.3, -0.25) is 4.79 Å². The van der Waals surface area contributed by atoms with Crippen molar-refractivity contribution < 1.29 is 9.90 Å². The van der Waals surface area contributed by atoms with Crippen molar-refractivity contribution >= 4 is 5.97 Å². The first-order valence-corrected chi connectivity index (χ1v) is 5.08. The lowest BCUT2D eigenvalue weighted by Crippen LogP contribution is -2.36. The van der Waals surface area contributed by atoms with E-state index in [0.29, 0.717) is 6.04 Å². The normalized spacial score (nSPS) is 25.9. The monoisotopic (exact) mass is 185 g/mol. The number of rotatable bonds is 2. The highest BCUT2D eigenvalue weighted by Gasteiger charge is 2.24. The van der Waals surface area contributed by atoms with Gasteiger partial charge in [0.2, 0.25) is 0 Å². The van der Waals surface area contributed by atoms with E-state index >= 15 is 0 Å². The summed E-state index contributed by atoms with van der Waals surface area (Å²) >= 11 is 0. The molecule has 1 atom stereocenters. The molecule has 1 rings (SSSR count). The van der Waals surface area contributed by atoms with E-state index in [0.717, 1.165) is 32.4 Å². The largest absolute Gasteiger partial charge is 0.481 e. The van der Waals surface area contributed by atoms with Gasteiger partial charge in [0.15, 0.2) is 0 Å². The van der Waals surface area contributed by atoms with Crippen LogP contribution < -0.4 is 0 Å². The van der Waals surface area contributed by atoms with Crippen molar-refractivity contribution in [2.45, 2.75) is 39.2 Å². The Morgan fingerprint density at radius 2 is 2.15 bits per heavy atom. The molecule has 1 heterocycles. The van der Waals surface area contributed by atoms with Gasteiger partial charge in [-0.05, 0) is 33.2 Å². The average molecular weight is 185 g/mol. The molecule has 0 radical (unpaired) electrons. The second-order valence-electron chi connectivity index (χ2n) is 4.12. The number of nitrogens with zero attached hydrogens (tertiary/aromatic N) is 1. The summed E-state index contributed by atoms with van der Waals surface area (Å²) in [6.45, 7) is 6.04. The highest BCUT2D eigenvalue weighted by Crippen LogP contribution is 2.18. The van der Waals surface area contributed by atoms with Gasteiger partial charge >= 0.3 is 5.97 Å². The fourth-order valence-corrected chi connectivity index (χ4v) is 1.84. The third kappa shape index (κ3) is 2.99. The molecule has 1 unspecified atom stereocenters.